The molecule has 0 aliphatic carbocycles. The van der Waals surface area contributed by atoms with Gasteiger partial charge >= 0.3 is 0 Å². The summed E-state index contributed by atoms with van der Waals surface area (Å²) >= 11 is 0. The molecule has 1 aromatic carbocycles. The Bertz CT molecular complexity index is 1520. The molecule has 1 aliphatic rings. The van der Waals surface area contributed by atoms with E-state index in [-0.39, 0.29) is 5.56 Å². The van der Waals surface area contributed by atoms with E-state index < -0.39 is 0 Å². The Labute approximate surface area is 189 Å². The summed E-state index contributed by atoms with van der Waals surface area (Å²) in [6, 6.07) is 12.5. The summed E-state index contributed by atoms with van der Waals surface area (Å²) < 4.78 is 1.69. The molecule has 0 atom stereocenters. The summed E-state index contributed by atoms with van der Waals surface area (Å²) in [5.74, 6) is 0.482. The van der Waals surface area contributed by atoms with E-state index in [1.807, 2.05) is 25.4 Å². The van der Waals surface area contributed by atoms with Gasteiger partial charge in [-0.15, -0.1) is 0 Å². The van der Waals surface area contributed by atoms with Crippen molar-refractivity contribution in [2.75, 3.05) is 38.1 Å². The van der Waals surface area contributed by atoms with E-state index >= 15 is 0 Å². The fourth-order valence-corrected chi connectivity index (χ4v) is 4.46. The Morgan fingerprint density at radius 1 is 0.939 bits per heavy atom. The second-order valence-electron chi connectivity index (χ2n) is 8.56. The van der Waals surface area contributed by atoms with Gasteiger partial charge in [-0.1, -0.05) is 12.1 Å². The number of pyridine rings is 1. The number of piperazine rings is 1. The first-order valence-electron chi connectivity index (χ1n) is 11.0. The maximum Gasteiger partial charge on any atom is 0.275 e. The Balaban J connectivity index is 1.40. The van der Waals surface area contributed by atoms with Crippen LogP contribution >= 0.6 is 0 Å². The van der Waals surface area contributed by atoms with Crippen LogP contribution in [0.3, 0.4) is 0 Å². The summed E-state index contributed by atoms with van der Waals surface area (Å²) in [5, 5.41) is 5.00. The highest BCUT2D eigenvalue weighted by Crippen LogP contribution is 2.29. The summed E-state index contributed by atoms with van der Waals surface area (Å²) in [4.78, 5) is 32.8. The molecular formula is C24H24N8O. The molecule has 0 unspecified atom stereocenters. The minimum atomic E-state index is -0.229. The first kappa shape index (κ1) is 19.7. The Morgan fingerprint density at radius 3 is 2.45 bits per heavy atom. The second-order valence-corrected chi connectivity index (χ2v) is 8.56. The van der Waals surface area contributed by atoms with Gasteiger partial charge in [-0.25, -0.2) is 9.97 Å². The zero-order valence-electron chi connectivity index (χ0n) is 18.5. The van der Waals surface area contributed by atoms with E-state index in [0.29, 0.717) is 22.5 Å². The zero-order chi connectivity index (χ0) is 22.5. The smallest absolute Gasteiger partial charge is 0.275 e. The maximum absolute atomic E-state index is 12.7. The van der Waals surface area contributed by atoms with Gasteiger partial charge in [0.2, 0.25) is 0 Å². The van der Waals surface area contributed by atoms with Gasteiger partial charge in [-0.3, -0.25) is 9.48 Å². The van der Waals surface area contributed by atoms with Crippen molar-refractivity contribution in [1.29, 1.82) is 0 Å². The van der Waals surface area contributed by atoms with E-state index in [2.05, 4.69) is 61.2 Å². The average Bonchev–Trinajstić information content (AvgIpc) is 3.43. The van der Waals surface area contributed by atoms with E-state index in [9.17, 15) is 4.79 Å². The molecule has 1 saturated heterocycles. The molecule has 4 aromatic heterocycles. The molecular weight excluding hydrogens is 416 g/mol. The number of aromatic nitrogens is 6. The monoisotopic (exact) mass is 440 g/mol. The number of aromatic amines is 2. The Morgan fingerprint density at radius 2 is 1.73 bits per heavy atom. The molecule has 1 fully saturated rings. The van der Waals surface area contributed by atoms with Crippen LogP contribution in [0.2, 0.25) is 0 Å². The Hall–Kier alpha value is -3.98. The van der Waals surface area contributed by atoms with Crippen LogP contribution in [0.4, 0.5) is 5.69 Å². The number of benzene rings is 1. The molecule has 0 bridgehead atoms. The maximum atomic E-state index is 12.7. The van der Waals surface area contributed by atoms with Crippen molar-refractivity contribution < 1.29 is 0 Å². The molecule has 33 heavy (non-hydrogen) atoms. The van der Waals surface area contributed by atoms with E-state index in [4.69, 9.17) is 4.98 Å². The first-order valence-corrected chi connectivity index (χ1v) is 11.0. The first-order chi connectivity index (χ1) is 16.1. The Kier molecular flexibility index (Phi) is 4.51. The van der Waals surface area contributed by atoms with Crippen LogP contribution < -0.4 is 10.5 Å². The molecule has 9 nitrogen and oxygen atoms in total. The lowest BCUT2D eigenvalue weighted by Gasteiger charge is -2.34. The lowest BCUT2D eigenvalue weighted by molar-refractivity contribution is 0.313. The number of nitrogens with zero attached hydrogens (tertiary/aromatic N) is 6. The van der Waals surface area contributed by atoms with Gasteiger partial charge in [-0.2, -0.15) is 5.10 Å². The largest absolute Gasteiger partial charge is 0.369 e. The van der Waals surface area contributed by atoms with Crippen molar-refractivity contribution >= 4 is 27.8 Å². The standard InChI is InChI=1S/C24H24N8O/c1-30-9-11-32(12-10-30)17-5-3-15(4-6-17)16-13-18-20-21(28-22(18)25-14-16)24(33)29-23(27-20)19-7-8-26-31(19)2/h3-8,13-14H,9-12H2,1-2H3,(H,25,28)(H,27,29,33). The number of aryl methyl sites for hydroxylation is 1. The normalized spacial score (nSPS) is 15.0. The number of nitrogens with one attached hydrogen (secondary N) is 2. The van der Waals surface area contributed by atoms with Gasteiger partial charge in [-0.05, 0) is 36.9 Å². The van der Waals surface area contributed by atoms with Crippen molar-refractivity contribution in [3.63, 3.8) is 0 Å². The number of anilines is 1. The number of fused-ring (bicyclic) bond motifs is 3. The number of hydrogen-bond acceptors (Lipinski definition) is 6. The third kappa shape index (κ3) is 3.37. The van der Waals surface area contributed by atoms with E-state index in [1.165, 1.54) is 5.69 Å². The van der Waals surface area contributed by atoms with E-state index in [0.717, 1.165) is 48.4 Å². The molecule has 0 radical (unpaired) electrons. The molecule has 9 heteroatoms. The highest BCUT2D eigenvalue weighted by molar-refractivity contribution is 6.04. The van der Waals surface area contributed by atoms with E-state index in [1.54, 1.807) is 10.9 Å². The fourth-order valence-electron chi connectivity index (χ4n) is 4.46. The third-order valence-corrected chi connectivity index (χ3v) is 6.44. The number of H-pyrrole nitrogens is 2. The van der Waals surface area contributed by atoms with Crippen molar-refractivity contribution in [3.8, 4) is 22.6 Å². The van der Waals surface area contributed by atoms with Crippen LogP contribution in [0, 0.1) is 0 Å². The fraction of sp³-hybridized carbons (Fsp3) is 0.250. The molecule has 0 amide bonds. The summed E-state index contributed by atoms with van der Waals surface area (Å²) in [7, 11) is 3.98. The number of likely N-dealkylation sites (N-methyl/N-ethyl adjacent to an activating group) is 1. The number of rotatable bonds is 3. The highest BCUT2D eigenvalue weighted by atomic mass is 16.1. The van der Waals surface area contributed by atoms with Crippen LogP contribution in [0.15, 0.2) is 53.6 Å². The topological polar surface area (TPSA) is 98.7 Å². The lowest BCUT2D eigenvalue weighted by atomic mass is 10.1. The van der Waals surface area contributed by atoms with Gasteiger partial charge in [0.25, 0.3) is 5.56 Å². The molecule has 166 valence electrons. The lowest BCUT2D eigenvalue weighted by Crippen LogP contribution is -2.44. The van der Waals surface area contributed by atoms with Crippen molar-refractivity contribution in [1.82, 2.24) is 34.6 Å². The summed E-state index contributed by atoms with van der Waals surface area (Å²) in [5.41, 5.74) is 5.48. The molecule has 1 aliphatic heterocycles. The minimum Gasteiger partial charge on any atom is -0.369 e. The van der Waals surface area contributed by atoms with Crippen molar-refractivity contribution in [2.45, 2.75) is 0 Å². The van der Waals surface area contributed by atoms with Crippen LogP contribution in [-0.2, 0) is 7.05 Å². The molecule has 2 N–H and O–H groups in total. The summed E-state index contributed by atoms with van der Waals surface area (Å²) in [6.07, 6.45) is 3.51. The van der Waals surface area contributed by atoms with Gasteiger partial charge in [0.15, 0.2) is 5.82 Å². The van der Waals surface area contributed by atoms with Crippen LogP contribution in [-0.4, -0.2) is 67.8 Å². The van der Waals surface area contributed by atoms with Gasteiger partial charge < -0.3 is 19.8 Å². The average molecular weight is 441 g/mol. The minimum absolute atomic E-state index is 0.229. The van der Waals surface area contributed by atoms with Crippen molar-refractivity contribution in [2.24, 2.45) is 7.05 Å². The predicted molar refractivity (Wildman–Crippen MR) is 129 cm³/mol. The molecule has 0 saturated carbocycles. The van der Waals surface area contributed by atoms with Gasteiger partial charge in [0.05, 0.1) is 0 Å². The second kappa shape index (κ2) is 7.56. The third-order valence-electron chi connectivity index (χ3n) is 6.44. The van der Waals surface area contributed by atoms with Gasteiger partial charge in [0.1, 0.15) is 22.4 Å². The van der Waals surface area contributed by atoms with Crippen LogP contribution in [0.1, 0.15) is 0 Å². The SMILES string of the molecule is CN1CCN(c2ccc(-c3cnc4[nH]c5c(=O)[nH]c(-c6ccnn6C)nc5c4c3)cc2)CC1. The zero-order valence-corrected chi connectivity index (χ0v) is 18.5. The van der Waals surface area contributed by atoms with Crippen LogP contribution in [0.25, 0.3) is 44.7 Å². The molecule has 5 aromatic rings. The highest BCUT2D eigenvalue weighted by Gasteiger charge is 2.16. The molecule has 0 spiro atoms. The summed E-state index contributed by atoms with van der Waals surface area (Å²) in [6.45, 7) is 4.24. The number of hydrogen-bond donors (Lipinski definition) is 2. The van der Waals surface area contributed by atoms with Crippen molar-refractivity contribution in [3.05, 3.63) is 59.1 Å². The quantitative estimate of drug-likeness (QED) is 0.448. The molecule has 6 rings (SSSR count). The molecule has 5 heterocycles. The predicted octanol–water partition coefficient (Wildman–Crippen LogP) is 2.62. The van der Waals surface area contributed by atoms with Gasteiger partial charge in [0, 0.05) is 62.3 Å². The van der Waals surface area contributed by atoms with Crippen LogP contribution in [0.5, 0.6) is 0 Å².